The Balaban J connectivity index is 1.44. The number of nitrogens with zero attached hydrogens (tertiary/aromatic N) is 2. The molecule has 8 heteroatoms. The zero-order valence-electron chi connectivity index (χ0n) is 14.1. The minimum Gasteiger partial charge on any atom is -0.300 e. The van der Waals surface area contributed by atoms with E-state index in [-0.39, 0.29) is 24.5 Å². The van der Waals surface area contributed by atoms with Gasteiger partial charge in [0, 0.05) is 29.0 Å². The molecule has 0 saturated carbocycles. The van der Waals surface area contributed by atoms with Crippen molar-refractivity contribution in [2.45, 2.75) is 29.9 Å². The van der Waals surface area contributed by atoms with Crippen LogP contribution >= 0.6 is 34.4 Å². The monoisotopic (exact) mass is 403 g/mol. The number of aromatic nitrogens is 2. The van der Waals surface area contributed by atoms with Gasteiger partial charge in [-0.05, 0) is 18.4 Å². The average Bonchev–Trinajstić information content (AvgIpc) is 3.30. The van der Waals surface area contributed by atoms with Gasteiger partial charge >= 0.3 is 0 Å². The molecule has 0 bridgehead atoms. The lowest BCUT2D eigenvalue weighted by Gasteiger charge is -2.02. The number of carbonyl (C=O) groups excluding carboxylic acids is 2. The molecular weight excluding hydrogens is 386 g/mol. The maximum atomic E-state index is 12.1. The first-order valence-electron chi connectivity index (χ1n) is 7.98. The average molecular weight is 404 g/mol. The number of thiophene rings is 1. The number of rotatable bonds is 8. The van der Waals surface area contributed by atoms with Crippen LogP contribution in [0.15, 0.2) is 46.1 Å². The van der Waals surface area contributed by atoms with E-state index in [2.05, 4.69) is 21.6 Å². The van der Waals surface area contributed by atoms with Crippen LogP contribution < -0.4 is 5.32 Å². The summed E-state index contributed by atoms with van der Waals surface area (Å²) in [5, 5.41) is 13.3. The topological polar surface area (TPSA) is 72.0 Å². The molecule has 2 heterocycles. The van der Waals surface area contributed by atoms with E-state index < -0.39 is 0 Å². The number of nitrogens with one attached hydrogen (secondary N) is 1. The van der Waals surface area contributed by atoms with Crippen molar-refractivity contribution in [2.24, 2.45) is 0 Å². The maximum Gasteiger partial charge on any atom is 0.226 e. The number of hydrogen-bond donors (Lipinski definition) is 1. The van der Waals surface area contributed by atoms with Crippen molar-refractivity contribution in [1.82, 2.24) is 10.2 Å². The molecule has 0 spiro atoms. The van der Waals surface area contributed by atoms with Gasteiger partial charge in [-0.25, -0.2) is 0 Å². The van der Waals surface area contributed by atoms with Gasteiger partial charge in [-0.15, -0.1) is 21.5 Å². The lowest BCUT2D eigenvalue weighted by molar-refractivity contribution is -0.116. The normalized spacial score (nSPS) is 10.7. The van der Waals surface area contributed by atoms with Gasteiger partial charge in [0.1, 0.15) is 0 Å². The maximum absolute atomic E-state index is 12.1. The standard InChI is InChI=1S/C18H17N3O2S3/c1-12-4-6-13(7-5-12)15(22)8-9-16(23)19-17-20-21-18(26-17)25-11-14-3-2-10-24-14/h2-7,10H,8-9,11H2,1H3,(H,19,20,23). The Morgan fingerprint density at radius 1 is 1.12 bits per heavy atom. The number of benzene rings is 1. The van der Waals surface area contributed by atoms with E-state index in [0.29, 0.717) is 10.7 Å². The zero-order valence-corrected chi connectivity index (χ0v) is 16.5. The smallest absolute Gasteiger partial charge is 0.226 e. The highest BCUT2D eigenvalue weighted by atomic mass is 32.2. The lowest BCUT2D eigenvalue weighted by atomic mass is 10.1. The number of ketones is 1. The molecule has 3 rings (SSSR count). The van der Waals surface area contributed by atoms with Gasteiger partial charge in [0.05, 0.1) is 0 Å². The largest absolute Gasteiger partial charge is 0.300 e. The van der Waals surface area contributed by atoms with Gasteiger partial charge in [-0.1, -0.05) is 59.0 Å². The van der Waals surface area contributed by atoms with Gasteiger partial charge in [0.15, 0.2) is 10.1 Å². The van der Waals surface area contributed by atoms with Gasteiger partial charge in [0.2, 0.25) is 11.0 Å². The molecule has 1 N–H and O–H groups in total. The molecule has 0 radical (unpaired) electrons. The quantitative estimate of drug-likeness (QED) is 0.332. The van der Waals surface area contributed by atoms with Crippen molar-refractivity contribution in [3.63, 3.8) is 0 Å². The molecule has 0 saturated heterocycles. The summed E-state index contributed by atoms with van der Waals surface area (Å²) in [6.45, 7) is 1.97. The fourth-order valence-corrected chi connectivity index (χ4v) is 4.68. The molecule has 0 aliphatic rings. The Hall–Kier alpha value is -2.03. The molecule has 26 heavy (non-hydrogen) atoms. The molecule has 1 aromatic carbocycles. The Kier molecular flexibility index (Phi) is 6.54. The van der Waals surface area contributed by atoms with Crippen molar-refractivity contribution >= 4 is 51.3 Å². The number of carbonyl (C=O) groups is 2. The minimum atomic E-state index is -0.226. The van der Waals surface area contributed by atoms with Gasteiger partial charge in [0.25, 0.3) is 0 Å². The first-order valence-corrected chi connectivity index (χ1v) is 10.7. The lowest BCUT2D eigenvalue weighted by Crippen LogP contribution is -2.13. The highest BCUT2D eigenvalue weighted by Crippen LogP contribution is 2.29. The zero-order chi connectivity index (χ0) is 18.4. The van der Waals surface area contributed by atoms with Crippen LogP contribution in [0.5, 0.6) is 0 Å². The predicted octanol–water partition coefficient (Wildman–Crippen LogP) is 4.80. The summed E-state index contributed by atoms with van der Waals surface area (Å²) in [4.78, 5) is 25.4. The van der Waals surface area contributed by atoms with Crippen LogP contribution in [0.4, 0.5) is 5.13 Å². The van der Waals surface area contributed by atoms with Crippen LogP contribution in [0, 0.1) is 6.92 Å². The van der Waals surface area contributed by atoms with E-state index in [1.807, 2.05) is 30.5 Å². The van der Waals surface area contributed by atoms with Crippen LogP contribution in [0.2, 0.25) is 0 Å². The summed E-state index contributed by atoms with van der Waals surface area (Å²) >= 11 is 4.64. The third kappa shape index (κ3) is 5.48. The van der Waals surface area contributed by atoms with E-state index in [9.17, 15) is 9.59 Å². The predicted molar refractivity (Wildman–Crippen MR) is 107 cm³/mol. The summed E-state index contributed by atoms with van der Waals surface area (Å²) < 4.78 is 0.810. The van der Waals surface area contributed by atoms with E-state index in [1.54, 1.807) is 35.2 Å². The second kappa shape index (κ2) is 9.07. The van der Waals surface area contributed by atoms with Gasteiger partial charge in [-0.3, -0.25) is 9.59 Å². The number of Topliss-reactive ketones (excluding diaryl/α,β-unsaturated/α-hetero) is 1. The van der Waals surface area contributed by atoms with Crippen molar-refractivity contribution in [3.8, 4) is 0 Å². The number of aryl methyl sites for hydroxylation is 1. The van der Waals surface area contributed by atoms with Crippen molar-refractivity contribution < 1.29 is 9.59 Å². The van der Waals surface area contributed by atoms with Crippen molar-refractivity contribution in [3.05, 3.63) is 57.8 Å². The number of thioether (sulfide) groups is 1. The molecule has 0 fully saturated rings. The van der Waals surface area contributed by atoms with Crippen LogP contribution in [-0.4, -0.2) is 21.9 Å². The summed E-state index contributed by atoms with van der Waals surface area (Å²) in [6.07, 6.45) is 0.303. The summed E-state index contributed by atoms with van der Waals surface area (Å²) in [5.41, 5.74) is 1.73. The molecule has 134 valence electrons. The van der Waals surface area contributed by atoms with Crippen molar-refractivity contribution in [1.29, 1.82) is 0 Å². The Bertz CT molecular complexity index is 873. The molecule has 2 aromatic heterocycles. The molecule has 0 atom stereocenters. The third-order valence-corrected chi connectivity index (χ3v) is 6.60. The highest BCUT2D eigenvalue weighted by molar-refractivity contribution is 8.00. The second-order valence-electron chi connectivity index (χ2n) is 5.58. The van der Waals surface area contributed by atoms with Crippen LogP contribution in [0.1, 0.15) is 33.6 Å². The van der Waals surface area contributed by atoms with Gasteiger partial charge < -0.3 is 5.32 Å². The SMILES string of the molecule is Cc1ccc(C(=O)CCC(=O)Nc2nnc(SCc3cccs3)s2)cc1. The fraction of sp³-hybridized carbons (Fsp3) is 0.222. The first-order chi connectivity index (χ1) is 12.6. The van der Waals surface area contributed by atoms with Gasteiger partial charge in [-0.2, -0.15) is 0 Å². The third-order valence-electron chi connectivity index (χ3n) is 3.52. The molecule has 0 aliphatic carbocycles. The number of amides is 1. The summed E-state index contributed by atoms with van der Waals surface area (Å²) in [7, 11) is 0. The molecule has 3 aromatic rings. The highest BCUT2D eigenvalue weighted by Gasteiger charge is 2.12. The number of anilines is 1. The Labute approximate surface area is 163 Å². The fourth-order valence-electron chi connectivity index (χ4n) is 2.14. The van der Waals surface area contributed by atoms with Crippen LogP contribution in [0.3, 0.4) is 0 Å². The molecular formula is C18H17N3O2S3. The van der Waals surface area contributed by atoms with E-state index >= 15 is 0 Å². The van der Waals surface area contributed by atoms with Crippen LogP contribution in [-0.2, 0) is 10.5 Å². The summed E-state index contributed by atoms with van der Waals surface area (Å²) in [5.74, 6) is 0.576. The molecule has 1 amide bonds. The number of hydrogen-bond acceptors (Lipinski definition) is 7. The van der Waals surface area contributed by atoms with E-state index in [4.69, 9.17) is 0 Å². The van der Waals surface area contributed by atoms with Crippen molar-refractivity contribution in [2.75, 3.05) is 5.32 Å². The first kappa shape index (κ1) is 18.8. The summed E-state index contributed by atoms with van der Waals surface area (Å²) in [6, 6.07) is 11.5. The van der Waals surface area contributed by atoms with Crippen LogP contribution in [0.25, 0.3) is 0 Å². The Morgan fingerprint density at radius 3 is 2.65 bits per heavy atom. The molecule has 0 aliphatic heterocycles. The minimum absolute atomic E-state index is 0.0374. The van der Waals surface area contributed by atoms with E-state index in [1.165, 1.54) is 16.2 Å². The second-order valence-corrected chi connectivity index (χ2v) is 8.81. The van der Waals surface area contributed by atoms with E-state index in [0.717, 1.165) is 15.7 Å². The Morgan fingerprint density at radius 2 is 1.92 bits per heavy atom. The molecule has 0 unspecified atom stereocenters. The molecule has 5 nitrogen and oxygen atoms in total.